The Balaban J connectivity index is 2.27. The van der Waals surface area contributed by atoms with Gasteiger partial charge < -0.3 is 14.6 Å². The Morgan fingerprint density at radius 3 is 2.50 bits per heavy atom. The number of rotatable bonds is 3. The highest BCUT2D eigenvalue weighted by Gasteiger charge is 2.16. The van der Waals surface area contributed by atoms with Crippen molar-refractivity contribution >= 4 is 5.97 Å². The first-order valence-electron chi connectivity index (χ1n) is 4.73. The summed E-state index contributed by atoms with van der Waals surface area (Å²) in [6.07, 6.45) is 0.179. The van der Waals surface area contributed by atoms with E-state index in [1.54, 1.807) is 24.3 Å². The molecule has 1 heterocycles. The summed E-state index contributed by atoms with van der Waals surface area (Å²) in [6, 6.07) is 10.2. The second kappa shape index (κ2) is 4.20. The predicted molar refractivity (Wildman–Crippen MR) is 56.2 cm³/mol. The zero-order valence-corrected chi connectivity index (χ0v) is 8.33. The number of carboxylic acids is 1. The van der Waals surface area contributed by atoms with Crippen LogP contribution in [0.4, 0.5) is 0 Å². The Hall–Kier alpha value is -2.07. The van der Waals surface area contributed by atoms with Crippen molar-refractivity contribution < 1.29 is 19.4 Å². The van der Waals surface area contributed by atoms with Crippen LogP contribution in [0.25, 0.3) is 0 Å². The molecule has 2 rings (SSSR count). The van der Waals surface area contributed by atoms with Crippen LogP contribution < -0.4 is 0 Å². The highest BCUT2D eigenvalue weighted by Crippen LogP contribution is 2.23. The number of benzene rings is 1. The fourth-order valence-electron chi connectivity index (χ4n) is 1.41. The quantitative estimate of drug-likeness (QED) is 0.827. The van der Waals surface area contributed by atoms with Crippen LogP contribution in [0.1, 0.15) is 27.8 Å². The monoisotopic (exact) mass is 218 g/mol. The molecule has 4 nitrogen and oxygen atoms in total. The number of carboxylic acid groups (broad SMARTS) is 1. The molecule has 2 aromatic rings. The minimum absolute atomic E-state index is 0.0324. The lowest BCUT2D eigenvalue weighted by molar-refractivity contribution is 0.0696. The molecular weight excluding hydrogens is 208 g/mol. The van der Waals surface area contributed by atoms with Crippen molar-refractivity contribution in [3.8, 4) is 0 Å². The Kier molecular flexibility index (Phi) is 2.74. The van der Waals surface area contributed by atoms with Crippen LogP contribution in [-0.2, 0) is 0 Å². The van der Waals surface area contributed by atoms with Crippen molar-refractivity contribution in [2.24, 2.45) is 0 Å². The molecular formula is C12H10O4. The van der Waals surface area contributed by atoms with Crippen molar-refractivity contribution in [3.05, 3.63) is 59.5 Å². The van der Waals surface area contributed by atoms with Gasteiger partial charge in [-0.25, -0.2) is 4.79 Å². The summed E-state index contributed by atoms with van der Waals surface area (Å²) >= 11 is 0. The standard InChI is InChI=1S/C12H10O4/c13-11(8-4-2-1-3-5-8)10-6-9(7-16-10)12(14)15/h1-7,11,13H,(H,14,15). The topological polar surface area (TPSA) is 70.7 Å². The maximum absolute atomic E-state index is 10.6. The van der Waals surface area contributed by atoms with Gasteiger partial charge in [-0.3, -0.25) is 0 Å². The molecule has 0 bridgehead atoms. The van der Waals surface area contributed by atoms with Crippen molar-refractivity contribution in [1.82, 2.24) is 0 Å². The van der Waals surface area contributed by atoms with Crippen molar-refractivity contribution in [2.75, 3.05) is 0 Å². The Morgan fingerprint density at radius 2 is 1.94 bits per heavy atom. The zero-order valence-electron chi connectivity index (χ0n) is 8.33. The van der Waals surface area contributed by atoms with E-state index in [0.717, 1.165) is 6.26 Å². The molecule has 0 aliphatic carbocycles. The summed E-state index contributed by atoms with van der Waals surface area (Å²) in [5.74, 6) is -0.848. The van der Waals surface area contributed by atoms with Gasteiger partial charge in [0.05, 0.1) is 5.56 Å². The molecule has 0 aliphatic rings. The van der Waals surface area contributed by atoms with E-state index in [-0.39, 0.29) is 11.3 Å². The highest BCUT2D eigenvalue weighted by molar-refractivity contribution is 5.87. The number of aromatic carboxylic acids is 1. The van der Waals surface area contributed by atoms with Crippen molar-refractivity contribution in [3.63, 3.8) is 0 Å². The van der Waals surface area contributed by atoms with Crippen molar-refractivity contribution in [1.29, 1.82) is 0 Å². The predicted octanol–water partition coefficient (Wildman–Crippen LogP) is 2.06. The average Bonchev–Trinajstić information content (AvgIpc) is 2.78. The summed E-state index contributed by atoms with van der Waals surface area (Å²) in [6.45, 7) is 0. The van der Waals surface area contributed by atoms with E-state index in [1.807, 2.05) is 6.07 Å². The van der Waals surface area contributed by atoms with Crippen molar-refractivity contribution in [2.45, 2.75) is 6.10 Å². The SMILES string of the molecule is O=C(O)c1coc(C(O)c2ccccc2)c1. The van der Waals surface area contributed by atoms with Crippen LogP contribution in [-0.4, -0.2) is 16.2 Å². The first-order valence-corrected chi connectivity index (χ1v) is 4.73. The van der Waals surface area contributed by atoms with E-state index in [2.05, 4.69) is 0 Å². The van der Waals surface area contributed by atoms with E-state index in [4.69, 9.17) is 9.52 Å². The fourth-order valence-corrected chi connectivity index (χ4v) is 1.41. The molecule has 16 heavy (non-hydrogen) atoms. The van der Waals surface area contributed by atoms with Gasteiger partial charge >= 0.3 is 5.97 Å². The molecule has 0 saturated carbocycles. The molecule has 0 radical (unpaired) electrons. The van der Waals surface area contributed by atoms with Gasteiger partial charge in [0.2, 0.25) is 0 Å². The van der Waals surface area contributed by atoms with Gasteiger partial charge in [0.15, 0.2) is 0 Å². The minimum Gasteiger partial charge on any atom is -0.478 e. The van der Waals surface area contributed by atoms with Gasteiger partial charge in [-0.05, 0) is 11.6 Å². The molecule has 1 aromatic heterocycles. The summed E-state index contributed by atoms with van der Waals surface area (Å²) < 4.78 is 5.01. The Labute approximate surface area is 91.8 Å². The van der Waals surface area contributed by atoms with E-state index < -0.39 is 12.1 Å². The molecule has 0 amide bonds. The lowest BCUT2D eigenvalue weighted by atomic mass is 10.1. The van der Waals surface area contributed by atoms with Crippen LogP contribution in [0.3, 0.4) is 0 Å². The number of carbonyl (C=O) groups is 1. The van der Waals surface area contributed by atoms with Crippen LogP contribution in [0.5, 0.6) is 0 Å². The molecule has 82 valence electrons. The van der Waals surface area contributed by atoms with E-state index in [0.29, 0.717) is 5.56 Å². The number of hydrogen-bond donors (Lipinski definition) is 2. The third kappa shape index (κ3) is 1.97. The molecule has 0 spiro atoms. The summed E-state index contributed by atoms with van der Waals surface area (Å²) in [7, 11) is 0. The number of aliphatic hydroxyl groups excluding tert-OH is 1. The normalized spacial score (nSPS) is 12.3. The summed E-state index contributed by atoms with van der Waals surface area (Å²) in [5.41, 5.74) is 0.693. The van der Waals surface area contributed by atoms with Crippen LogP contribution in [0, 0.1) is 0 Å². The Morgan fingerprint density at radius 1 is 1.25 bits per heavy atom. The molecule has 1 unspecified atom stereocenters. The molecule has 0 aliphatic heterocycles. The maximum Gasteiger partial charge on any atom is 0.338 e. The van der Waals surface area contributed by atoms with E-state index in [1.165, 1.54) is 6.07 Å². The third-order valence-electron chi connectivity index (χ3n) is 2.25. The minimum atomic E-state index is -1.07. The van der Waals surface area contributed by atoms with Gasteiger partial charge in [0.1, 0.15) is 18.1 Å². The van der Waals surface area contributed by atoms with Gasteiger partial charge in [-0.2, -0.15) is 0 Å². The second-order valence-corrected chi connectivity index (χ2v) is 3.36. The number of aliphatic hydroxyl groups is 1. The van der Waals surface area contributed by atoms with Crippen LogP contribution in [0.15, 0.2) is 47.1 Å². The van der Waals surface area contributed by atoms with Gasteiger partial charge in [-0.1, -0.05) is 30.3 Å². The smallest absolute Gasteiger partial charge is 0.338 e. The van der Waals surface area contributed by atoms with Gasteiger partial charge in [0.25, 0.3) is 0 Å². The van der Waals surface area contributed by atoms with Gasteiger partial charge in [-0.15, -0.1) is 0 Å². The zero-order chi connectivity index (χ0) is 11.5. The lowest BCUT2D eigenvalue weighted by Crippen LogP contribution is -1.98. The second-order valence-electron chi connectivity index (χ2n) is 3.36. The Bertz CT molecular complexity index is 487. The summed E-state index contributed by atoms with van der Waals surface area (Å²) in [4.78, 5) is 10.6. The molecule has 2 N–H and O–H groups in total. The summed E-state index contributed by atoms with van der Waals surface area (Å²) in [5, 5.41) is 18.6. The highest BCUT2D eigenvalue weighted by atomic mass is 16.4. The van der Waals surface area contributed by atoms with Crippen LogP contribution in [0.2, 0.25) is 0 Å². The van der Waals surface area contributed by atoms with E-state index in [9.17, 15) is 9.90 Å². The molecule has 1 aromatic carbocycles. The molecule has 1 atom stereocenters. The number of hydrogen-bond acceptors (Lipinski definition) is 3. The third-order valence-corrected chi connectivity index (χ3v) is 2.25. The van der Waals surface area contributed by atoms with E-state index >= 15 is 0 Å². The first kappa shape index (κ1) is 10.4. The lowest BCUT2D eigenvalue weighted by Gasteiger charge is -2.06. The average molecular weight is 218 g/mol. The molecule has 4 heteroatoms. The largest absolute Gasteiger partial charge is 0.478 e. The fraction of sp³-hybridized carbons (Fsp3) is 0.0833. The molecule has 0 fully saturated rings. The number of furan rings is 1. The molecule has 0 saturated heterocycles. The van der Waals surface area contributed by atoms with Crippen LogP contribution >= 0.6 is 0 Å². The first-order chi connectivity index (χ1) is 7.68. The maximum atomic E-state index is 10.6. The van der Waals surface area contributed by atoms with Gasteiger partial charge in [0, 0.05) is 0 Å².